The van der Waals surface area contributed by atoms with Gasteiger partial charge >= 0.3 is 0 Å². The van der Waals surface area contributed by atoms with Gasteiger partial charge < -0.3 is 0 Å². The standard InChI is InChI=1S/C11H11F2N/c1-14-10-2-3-11(14)7-5-9(13)8(12)4-6(7)10/h4-5,10-11H,2-3H2,1H3. The summed E-state index contributed by atoms with van der Waals surface area (Å²) in [7, 11) is 2.03. The number of nitrogens with zero attached hydrogens (tertiary/aromatic N) is 1. The molecule has 0 aliphatic carbocycles. The van der Waals surface area contributed by atoms with Gasteiger partial charge in [0.2, 0.25) is 0 Å². The molecule has 1 aromatic rings. The summed E-state index contributed by atoms with van der Waals surface area (Å²) in [6, 6.07) is 3.35. The molecule has 2 unspecified atom stereocenters. The third-order valence-corrected chi connectivity index (χ3v) is 3.54. The number of fused-ring (bicyclic) bond motifs is 5. The molecule has 0 radical (unpaired) electrons. The third kappa shape index (κ3) is 0.857. The molecule has 1 saturated heterocycles. The number of benzene rings is 1. The molecule has 0 amide bonds. The summed E-state index contributed by atoms with van der Waals surface area (Å²) in [5.74, 6) is -1.44. The largest absolute Gasteiger partial charge is 0.292 e. The molecule has 3 heteroatoms. The maximum Gasteiger partial charge on any atom is 0.159 e. The number of rotatable bonds is 0. The van der Waals surface area contributed by atoms with E-state index in [4.69, 9.17) is 0 Å². The maximum absolute atomic E-state index is 13.0. The van der Waals surface area contributed by atoms with E-state index >= 15 is 0 Å². The van der Waals surface area contributed by atoms with E-state index in [0.29, 0.717) is 12.1 Å². The van der Waals surface area contributed by atoms with Gasteiger partial charge in [-0.2, -0.15) is 0 Å². The monoisotopic (exact) mass is 195 g/mol. The van der Waals surface area contributed by atoms with Gasteiger partial charge in [-0.05, 0) is 43.1 Å². The molecule has 2 aliphatic rings. The SMILES string of the molecule is CN1C2CCC1c1cc(F)c(F)cc12. The number of hydrogen-bond acceptors (Lipinski definition) is 1. The molecule has 2 bridgehead atoms. The van der Waals surface area contributed by atoms with E-state index in [-0.39, 0.29) is 0 Å². The molecule has 0 spiro atoms. The van der Waals surface area contributed by atoms with Gasteiger partial charge in [-0.3, -0.25) is 4.90 Å². The van der Waals surface area contributed by atoms with Crippen molar-refractivity contribution in [3.8, 4) is 0 Å². The molecule has 14 heavy (non-hydrogen) atoms. The lowest BCUT2D eigenvalue weighted by Crippen LogP contribution is -2.12. The Morgan fingerprint density at radius 1 is 1.07 bits per heavy atom. The lowest BCUT2D eigenvalue weighted by molar-refractivity contribution is 0.280. The van der Waals surface area contributed by atoms with E-state index < -0.39 is 11.6 Å². The van der Waals surface area contributed by atoms with Crippen LogP contribution in [0.3, 0.4) is 0 Å². The first kappa shape index (κ1) is 8.36. The van der Waals surface area contributed by atoms with Crippen molar-refractivity contribution < 1.29 is 8.78 Å². The van der Waals surface area contributed by atoms with Gasteiger partial charge in [-0.1, -0.05) is 0 Å². The fourth-order valence-electron chi connectivity index (χ4n) is 2.84. The molecule has 2 atom stereocenters. The molecule has 2 aliphatic heterocycles. The molecule has 0 aromatic heterocycles. The van der Waals surface area contributed by atoms with Crippen LogP contribution in [0.4, 0.5) is 8.78 Å². The Labute approximate surface area is 81.3 Å². The van der Waals surface area contributed by atoms with Crippen LogP contribution in [0.25, 0.3) is 0 Å². The number of halogens is 2. The van der Waals surface area contributed by atoms with Crippen LogP contribution in [-0.2, 0) is 0 Å². The van der Waals surface area contributed by atoms with Gasteiger partial charge in [0.1, 0.15) is 0 Å². The van der Waals surface area contributed by atoms with Gasteiger partial charge in [0, 0.05) is 12.1 Å². The summed E-state index contributed by atoms with van der Waals surface area (Å²) in [5, 5.41) is 0. The van der Waals surface area contributed by atoms with Gasteiger partial charge in [0.05, 0.1) is 0 Å². The quantitative estimate of drug-likeness (QED) is 0.615. The van der Waals surface area contributed by atoms with Gasteiger partial charge in [0.15, 0.2) is 11.6 Å². The van der Waals surface area contributed by atoms with Gasteiger partial charge in [0.25, 0.3) is 0 Å². The second kappa shape index (κ2) is 2.54. The lowest BCUT2D eigenvalue weighted by atomic mass is 9.92. The average molecular weight is 195 g/mol. The molecule has 0 saturated carbocycles. The van der Waals surface area contributed by atoms with Gasteiger partial charge in [-0.15, -0.1) is 0 Å². The molecule has 74 valence electrons. The van der Waals surface area contributed by atoms with E-state index in [1.807, 2.05) is 7.05 Å². The highest BCUT2D eigenvalue weighted by molar-refractivity contribution is 5.40. The Balaban J connectivity index is 2.21. The minimum Gasteiger partial charge on any atom is -0.292 e. The fraction of sp³-hybridized carbons (Fsp3) is 0.455. The zero-order valence-electron chi connectivity index (χ0n) is 7.93. The third-order valence-electron chi connectivity index (χ3n) is 3.54. The minimum atomic E-state index is -0.718. The Morgan fingerprint density at radius 2 is 1.50 bits per heavy atom. The van der Waals surface area contributed by atoms with E-state index in [1.54, 1.807) is 0 Å². The Morgan fingerprint density at radius 3 is 1.93 bits per heavy atom. The predicted octanol–water partition coefficient (Wildman–Crippen LogP) is 2.79. The first-order valence-corrected chi connectivity index (χ1v) is 4.89. The summed E-state index contributed by atoms with van der Waals surface area (Å²) in [4.78, 5) is 2.21. The molecule has 1 fully saturated rings. The topological polar surface area (TPSA) is 3.24 Å². The van der Waals surface area contributed by atoms with Crippen LogP contribution in [0.5, 0.6) is 0 Å². The van der Waals surface area contributed by atoms with Crippen LogP contribution < -0.4 is 0 Å². The molecular formula is C11H11F2N. The van der Waals surface area contributed by atoms with Gasteiger partial charge in [-0.25, -0.2) is 8.78 Å². The predicted molar refractivity (Wildman–Crippen MR) is 48.8 cm³/mol. The Hall–Kier alpha value is -0.960. The highest BCUT2D eigenvalue weighted by Gasteiger charge is 2.42. The molecule has 2 heterocycles. The highest BCUT2D eigenvalue weighted by atomic mass is 19.2. The van der Waals surface area contributed by atoms with Crippen LogP contribution >= 0.6 is 0 Å². The van der Waals surface area contributed by atoms with Crippen molar-refractivity contribution in [3.63, 3.8) is 0 Å². The molecular weight excluding hydrogens is 184 g/mol. The highest BCUT2D eigenvalue weighted by Crippen LogP contribution is 2.52. The fourth-order valence-corrected chi connectivity index (χ4v) is 2.84. The molecule has 3 rings (SSSR count). The van der Waals surface area contributed by atoms with Crippen LogP contribution in [0.2, 0.25) is 0 Å². The van der Waals surface area contributed by atoms with Crippen molar-refractivity contribution in [2.24, 2.45) is 0 Å². The van der Waals surface area contributed by atoms with E-state index in [0.717, 1.165) is 24.0 Å². The van der Waals surface area contributed by atoms with Crippen LogP contribution in [0.15, 0.2) is 12.1 Å². The molecule has 0 N–H and O–H groups in total. The zero-order chi connectivity index (χ0) is 9.87. The normalized spacial score (nSPS) is 29.6. The van der Waals surface area contributed by atoms with Crippen molar-refractivity contribution in [1.82, 2.24) is 4.90 Å². The van der Waals surface area contributed by atoms with Crippen LogP contribution in [0, 0.1) is 11.6 Å². The summed E-state index contributed by atoms with van der Waals surface area (Å²) in [6.07, 6.45) is 2.14. The van der Waals surface area contributed by atoms with Crippen molar-refractivity contribution in [1.29, 1.82) is 0 Å². The second-order valence-corrected chi connectivity index (χ2v) is 4.17. The first-order chi connectivity index (χ1) is 6.68. The van der Waals surface area contributed by atoms with E-state index in [9.17, 15) is 8.78 Å². The lowest BCUT2D eigenvalue weighted by Gasteiger charge is -2.13. The zero-order valence-corrected chi connectivity index (χ0v) is 7.93. The van der Waals surface area contributed by atoms with Crippen molar-refractivity contribution in [2.45, 2.75) is 24.9 Å². The first-order valence-electron chi connectivity index (χ1n) is 4.89. The molecule has 1 nitrogen and oxygen atoms in total. The van der Waals surface area contributed by atoms with Crippen molar-refractivity contribution >= 4 is 0 Å². The smallest absolute Gasteiger partial charge is 0.159 e. The van der Waals surface area contributed by atoms with E-state index in [2.05, 4.69) is 4.90 Å². The number of hydrogen-bond donors (Lipinski definition) is 0. The average Bonchev–Trinajstić information content (AvgIpc) is 2.62. The maximum atomic E-state index is 13.0. The van der Waals surface area contributed by atoms with Crippen LogP contribution in [-0.4, -0.2) is 11.9 Å². The molecule has 1 aromatic carbocycles. The van der Waals surface area contributed by atoms with Crippen molar-refractivity contribution in [2.75, 3.05) is 7.05 Å². The summed E-state index contributed by atoms with van der Waals surface area (Å²) < 4.78 is 26.1. The summed E-state index contributed by atoms with van der Waals surface area (Å²) in [6.45, 7) is 0. The Bertz CT molecular complexity index is 366. The Kier molecular flexibility index (Phi) is 1.52. The van der Waals surface area contributed by atoms with E-state index in [1.165, 1.54) is 12.1 Å². The second-order valence-electron chi connectivity index (χ2n) is 4.17. The van der Waals surface area contributed by atoms with Crippen LogP contribution in [0.1, 0.15) is 36.1 Å². The summed E-state index contributed by atoms with van der Waals surface area (Å²) in [5.41, 5.74) is 1.98. The van der Waals surface area contributed by atoms with Crippen molar-refractivity contribution in [3.05, 3.63) is 34.9 Å². The minimum absolute atomic E-state index is 0.310. The summed E-state index contributed by atoms with van der Waals surface area (Å²) >= 11 is 0.